The van der Waals surface area contributed by atoms with Crippen LogP contribution in [0.25, 0.3) is 0 Å². The summed E-state index contributed by atoms with van der Waals surface area (Å²) < 4.78 is 34.8. The van der Waals surface area contributed by atoms with E-state index >= 15 is 0 Å². The van der Waals surface area contributed by atoms with Gasteiger partial charge in [0.2, 0.25) is 0 Å². The highest BCUT2D eigenvalue weighted by Crippen LogP contribution is 2.38. The van der Waals surface area contributed by atoms with Gasteiger partial charge >= 0.3 is 11.9 Å². The molecule has 438 valence electrons. The number of ether oxygens (including phenoxy) is 6. The molecule has 0 amide bonds. The van der Waals surface area contributed by atoms with Gasteiger partial charge in [0.15, 0.2) is 18.4 Å². The number of hydrogen-bond donors (Lipinski definition) is 16. The smallest absolute Gasteiger partial charge is 0.311 e. The molecule has 4 aliphatic heterocycles. The van der Waals surface area contributed by atoms with Crippen LogP contribution in [0.5, 0.6) is 0 Å². The molecule has 24 heteroatoms. The average Bonchev–Trinajstić information content (AvgIpc) is 3.35. The quantitative estimate of drug-likeness (QED) is 0.118. The second kappa shape index (κ2) is 31.9. The lowest BCUT2D eigenvalue weighted by atomic mass is 9.82. The maximum absolute atomic E-state index is 13.1. The average molecular weight is 1100 g/mol. The van der Waals surface area contributed by atoms with Crippen LogP contribution in [0.3, 0.4) is 0 Å². The molecule has 24 nitrogen and oxygen atoms in total. The molecule has 0 radical (unpaired) electrons. The summed E-state index contributed by atoms with van der Waals surface area (Å²) in [5.41, 5.74) is 0. The van der Waals surface area contributed by atoms with E-state index in [2.05, 4.69) is 0 Å². The molecule has 4 heterocycles. The number of hydrogen-bond acceptors (Lipinski definition) is 23. The molecule has 1 unspecified atom stereocenters. The van der Waals surface area contributed by atoms with Crippen LogP contribution in [0.1, 0.15) is 72.1 Å². The first-order valence-corrected chi connectivity index (χ1v) is 25.9. The summed E-state index contributed by atoms with van der Waals surface area (Å²) in [6.45, 7) is 3.59. The van der Waals surface area contributed by atoms with Crippen molar-refractivity contribution in [3.8, 4) is 0 Å². The van der Waals surface area contributed by atoms with Crippen LogP contribution in [0.15, 0.2) is 85.1 Å². The van der Waals surface area contributed by atoms with E-state index in [0.29, 0.717) is 0 Å². The van der Waals surface area contributed by atoms with Gasteiger partial charge in [0.25, 0.3) is 0 Å². The third-order valence-electron chi connectivity index (χ3n) is 14.1. The Balaban J connectivity index is 1.59. The van der Waals surface area contributed by atoms with Crippen LogP contribution in [-0.2, 0) is 38.0 Å². The number of carboxylic acid groups (broad SMARTS) is 1. The fourth-order valence-corrected chi connectivity index (χ4v) is 9.54. The molecule has 0 saturated carbocycles. The van der Waals surface area contributed by atoms with Gasteiger partial charge in [0.05, 0.1) is 74.6 Å². The van der Waals surface area contributed by atoms with Gasteiger partial charge < -0.3 is 110 Å². The molecule has 0 aromatic rings. The van der Waals surface area contributed by atoms with Crippen molar-refractivity contribution in [3.63, 3.8) is 0 Å². The van der Waals surface area contributed by atoms with Crippen LogP contribution >= 0.6 is 0 Å². The number of allylic oxidation sites excluding steroid dienone is 12. The van der Waals surface area contributed by atoms with Gasteiger partial charge in [-0.1, -0.05) is 98.9 Å². The van der Waals surface area contributed by atoms with Gasteiger partial charge in [-0.2, -0.15) is 0 Å². The van der Waals surface area contributed by atoms with Gasteiger partial charge in [-0.3, -0.25) is 9.59 Å². The maximum atomic E-state index is 13.1. The Hall–Kier alpha value is -3.68. The van der Waals surface area contributed by atoms with Crippen LogP contribution in [0, 0.1) is 17.8 Å². The minimum absolute atomic E-state index is 0.191. The Labute approximate surface area is 447 Å². The molecule has 4 aliphatic rings. The van der Waals surface area contributed by atoms with Gasteiger partial charge in [0, 0.05) is 37.5 Å². The SMILES string of the molecule is C[C@@H]1[C@H](OC2O[C@H](CO)[C@@H](O)[C@H](O)[C@H]2O)[C@@H](C)/C=C/C=C/C=C/C=C/C=C/C=C/C=C/[C@H](O[C@@H]2O[C@H](CO)[C@@H](O)[C@H](O)[C@@H]2O)C[C@@H]2O[C@](O)(C[C@@H](O)C[C@@H](O)[C@H](O)CC[C@@H](O)C[C@@H](O)CC(=O)O[C@H]1C)C[C@H](O)[C@H]2C(=O)O. The number of cyclic esters (lactones) is 1. The van der Waals surface area contributed by atoms with E-state index in [4.69, 9.17) is 28.4 Å². The topological polar surface area (TPSA) is 413 Å². The van der Waals surface area contributed by atoms with E-state index in [1.807, 2.05) is 0 Å². The third-order valence-corrected chi connectivity index (χ3v) is 14.1. The van der Waals surface area contributed by atoms with Crippen molar-refractivity contribution < 1.29 is 120 Å². The summed E-state index contributed by atoms with van der Waals surface area (Å²) in [6, 6.07) is 0. The van der Waals surface area contributed by atoms with E-state index in [0.717, 1.165) is 0 Å². The van der Waals surface area contributed by atoms with E-state index in [1.54, 1.807) is 93.7 Å². The lowest BCUT2D eigenvalue weighted by molar-refractivity contribution is -0.319. The molecule has 0 aliphatic carbocycles. The van der Waals surface area contributed by atoms with Crippen molar-refractivity contribution in [1.29, 1.82) is 0 Å². The van der Waals surface area contributed by atoms with E-state index in [-0.39, 0.29) is 19.3 Å². The monoisotopic (exact) mass is 1100 g/mol. The Bertz CT molecular complexity index is 1990. The Kier molecular flexibility index (Phi) is 27.3. The zero-order valence-corrected chi connectivity index (χ0v) is 43.4. The second-order valence-corrected chi connectivity index (χ2v) is 20.3. The summed E-state index contributed by atoms with van der Waals surface area (Å²) in [4.78, 5) is 25.6. The van der Waals surface area contributed by atoms with E-state index in [9.17, 15) is 91.3 Å². The molecule has 4 rings (SSSR count). The standard InChI is InChI=1S/C53H82O24/c1-28-16-14-12-10-8-6-4-5-7-9-11-13-15-17-34(73-51-47(67)45(65)43(63)39(26-54)74-51)23-38-42(50(69)70)37(61)25-53(71,77-38)24-33(58)21-36(60)35(59)19-18-31(56)20-32(57)22-41(62)72-30(3)29(2)49(28)76-52-48(68)46(66)44(64)40(27-55)75-52/h4-17,28-40,42-49,51-52,54-61,63-68,71H,18-27H2,1-3H3,(H,69,70)/b5-4+,8-6+,9-7+,12-10+,13-11+,16-14+,17-15+/t28-,29-,30-,31+,32+,33-,34-,35+,36+,37-,38-,39+,40+,42+,43+,44+,45-,46-,47-,48+,49+,51+,52?,53+/m0/s1. The normalized spacial score (nSPS) is 46.3. The van der Waals surface area contributed by atoms with Gasteiger partial charge in [-0.15, -0.1) is 0 Å². The Morgan fingerprint density at radius 2 is 1.09 bits per heavy atom. The molecule has 0 spiro atoms. The first kappa shape index (κ1) is 65.8. The molecule has 24 atom stereocenters. The number of carboxylic acids is 1. The molecule has 16 N–H and O–H groups in total. The van der Waals surface area contributed by atoms with E-state index < -0.39 is 203 Å². The highest BCUT2D eigenvalue weighted by molar-refractivity contribution is 5.71. The summed E-state index contributed by atoms with van der Waals surface area (Å²) in [5.74, 6) is -7.59. The van der Waals surface area contributed by atoms with E-state index in [1.165, 1.54) is 12.2 Å². The molecular formula is C53H82O24. The predicted octanol–water partition coefficient (Wildman–Crippen LogP) is -2.46. The number of aliphatic hydroxyl groups excluding tert-OH is 14. The third kappa shape index (κ3) is 20.1. The zero-order chi connectivity index (χ0) is 57.1. The molecular weight excluding hydrogens is 1020 g/mol. The van der Waals surface area contributed by atoms with Crippen molar-refractivity contribution >= 4 is 11.9 Å². The van der Waals surface area contributed by atoms with Crippen molar-refractivity contribution in [2.24, 2.45) is 17.8 Å². The first-order chi connectivity index (χ1) is 36.4. The van der Waals surface area contributed by atoms with Crippen LogP contribution in [0.2, 0.25) is 0 Å². The minimum atomic E-state index is -2.42. The Morgan fingerprint density at radius 3 is 1.61 bits per heavy atom. The van der Waals surface area contributed by atoms with Crippen molar-refractivity contribution in [2.75, 3.05) is 13.2 Å². The minimum Gasteiger partial charge on any atom is -0.481 e. The van der Waals surface area contributed by atoms with Gasteiger partial charge in [-0.25, -0.2) is 0 Å². The molecule has 0 aromatic carbocycles. The van der Waals surface area contributed by atoms with Crippen LogP contribution in [-0.4, -0.2) is 235 Å². The summed E-state index contributed by atoms with van der Waals surface area (Å²) in [7, 11) is 0. The molecule has 3 fully saturated rings. The zero-order valence-electron chi connectivity index (χ0n) is 43.4. The number of rotatable bonds is 7. The molecule has 0 aromatic heterocycles. The summed E-state index contributed by atoms with van der Waals surface area (Å²) in [5, 5.41) is 170. The summed E-state index contributed by atoms with van der Waals surface area (Å²) >= 11 is 0. The Morgan fingerprint density at radius 1 is 0.584 bits per heavy atom. The number of carbonyl (C=O) groups excluding carboxylic acids is 1. The molecule has 77 heavy (non-hydrogen) atoms. The number of carbonyl (C=O) groups is 2. The van der Waals surface area contributed by atoms with Crippen molar-refractivity contribution in [2.45, 2.75) is 200 Å². The van der Waals surface area contributed by atoms with Gasteiger partial charge in [-0.05, 0) is 26.2 Å². The highest BCUT2D eigenvalue weighted by atomic mass is 16.7. The first-order valence-electron chi connectivity index (χ1n) is 25.9. The lowest BCUT2D eigenvalue weighted by Crippen LogP contribution is -2.60. The number of esters is 1. The molecule has 3 saturated heterocycles. The van der Waals surface area contributed by atoms with Crippen molar-refractivity contribution in [1.82, 2.24) is 0 Å². The van der Waals surface area contributed by atoms with Crippen LogP contribution < -0.4 is 0 Å². The fraction of sp³-hybridized carbons (Fsp3) is 0.698. The largest absolute Gasteiger partial charge is 0.481 e. The van der Waals surface area contributed by atoms with Crippen molar-refractivity contribution in [3.05, 3.63) is 85.1 Å². The fourth-order valence-electron chi connectivity index (χ4n) is 9.54. The highest BCUT2D eigenvalue weighted by Gasteiger charge is 2.52. The van der Waals surface area contributed by atoms with Gasteiger partial charge in [0.1, 0.15) is 60.9 Å². The second-order valence-electron chi connectivity index (χ2n) is 20.3. The predicted molar refractivity (Wildman–Crippen MR) is 269 cm³/mol. The lowest BCUT2D eigenvalue weighted by Gasteiger charge is -2.45. The number of aliphatic carboxylic acids is 1. The summed E-state index contributed by atoms with van der Waals surface area (Å²) in [6.07, 6.45) is -10.8. The number of fused-ring (bicyclic) bond motifs is 2. The number of aliphatic hydroxyl groups is 15. The van der Waals surface area contributed by atoms with Crippen LogP contribution in [0.4, 0.5) is 0 Å². The maximum Gasteiger partial charge on any atom is 0.311 e. The molecule has 2 bridgehead atoms.